The van der Waals surface area contributed by atoms with E-state index in [4.69, 9.17) is 9.35 Å². The van der Waals surface area contributed by atoms with E-state index >= 15 is 0 Å². The van der Waals surface area contributed by atoms with Crippen LogP contribution < -0.4 is 4.90 Å². The highest BCUT2D eigenvalue weighted by atomic mass is 32.2. The third kappa shape index (κ3) is 3.85. The molecule has 0 unspecified atom stereocenters. The topological polar surface area (TPSA) is 61.9 Å². The molecule has 3 aliphatic rings. The molecule has 0 spiro atoms. The van der Waals surface area contributed by atoms with Gasteiger partial charge in [0, 0.05) is 42.9 Å². The van der Waals surface area contributed by atoms with Gasteiger partial charge < -0.3 is 9.80 Å². The summed E-state index contributed by atoms with van der Waals surface area (Å²) in [6.07, 6.45) is 7.20. The fraction of sp³-hybridized carbons (Fsp3) is 0.370. The second-order valence-electron chi connectivity index (χ2n) is 10.2. The molecule has 10 heteroatoms. The number of fused-ring (bicyclic) bond motifs is 2. The van der Waals surface area contributed by atoms with Crippen LogP contribution in [-0.2, 0) is 16.2 Å². The molecule has 0 amide bonds. The molecule has 2 saturated heterocycles. The fourth-order valence-electron chi connectivity index (χ4n) is 5.86. The minimum atomic E-state index is -0.534. The highest BCUT2D eigenvalue weighted by Gasteiger charge is 2.64. The van der Waals surface area contributed by atoms with Crippen LogP contribution in [0.2, 0.25) is 0 Å². The second kappa shape index (κ2) is 8.66. The standard InChI is InChI=1S/C27H27F2N7S/c1-34-10-12-37(13-11-34)33-20-3-5-24(30-16-20)21-17-31-36-9-7-25(32-26(21)36)35-8-6-18-15-27(18,35)22-14-19(28)2-4-23(22)29/h2-5,7,9,14,16-18H,6,8,10-13,15H2,1H3/t18-,27+/m0/s1. The molecule has 3 fully saturated rings. The Morgan fingerprint density at radius 2 is 1.92 bits per heavy atom. The summed E-state index contributed by atoms with van der Waals surface area (Å²) in [6.45, 7) is 2.91. The molecular weight excluding hydrogens is 492 g/mol. The summed E-state index contributed by atoms with van der Waals surface area (Å²) in [6, 6.07) is 9.64. The van der Waals surface area contributed by atoms with Crippen molar-refractivity contribution in [2.75, 3.05) is 43.1 Å². The van der Waals surface area contributed by atoms with E-state index in [0.29, 0.717) is 17.1 Å². The number of nitrogens with zero attached hydrogens (tertiary/aromatic N) is 7. The number of hydrogen-bond donors (Lipinski definition) is 0. The molecule has 0 N–H and O–H groups in total. The lowest BCUT2D eigenvalue weighted by atomic mass is 10.0. The van der Waals surface area contributed by atoms with Crippen LogP contribution in [-0.4, -0.2) is 62.7 Å². The van der Waals surface area contributed by atoms with Crippen LogP contribution in [0.5, 0.6) is 0 Å². The van der Waals surface area contributed by atoms with Gasteiger partial charge in [-0.3, -0.25) is 4.98 Å². The average molecular weight is 520 g/mol. The third-order valence-electron chi connectivity index (χ3n) is 7.96. The summed E-state index contributed by atoms with van der Waals surface area (Å²) in [4.78, 5) is 14.1. The first kappa shape index (κ1) is 22.9. The Kier molecular flexibility index (Phi) is 5.37. The Labute approximate surface area is 216 Å². The summed E-state index contributed by atoms with van der Waals surface area (Å²) >= 11 is 0. The minimum Gasteiger partial charge on any atom is -0.346 e. The van der Waals surface area contributed by atoms with Crippen LogP contribution in [0.3, 0.4) is 0 Å². The summed E-state index contributed by atoms with van der Waals surface area (Å²) in [5, 5.41) is 4.48. The molecule has 7 nitrogen and oxygen atoms in total. The number of benzene rings is 1. The van der Waals surface area contributed by atoms with Gasteiger partial charge in [0.05, 0.1) is 34.9 Å². The summed E-state index contributed by atoms with van der Waals surface area (Å²) < 4.78 is 35.5. The quantitative estimate of drug-likeness (QED) is 0.395. The molecule has 1 aromatic carbocycles. The number of piperidine rings is 1. The van der Waals surface area contributed by atoms with Crippen LogP contribution >= 0.6 is 0 Å². The largest absolute Gasteiger partial charge is 0.346 e. The lowest BCUT2D eigenvalue weighted by Gasteiger charge is -2.30. The first-order chi connectivity index (χ1) is 18.0. The smallest absolute Gasteiger partial charge is 0.166 e. The zero-order chi connectivity index (χ0) is 25.1. The Balaban J connectivity index is 1.21. The normalized spacial score (nSPS) is 24.0. The van der Waals surface area contributed by atoms with E-state index in [1.54, 1.807) is 10.7 Å². The van der Waals surface area contributed by atoms with Crippen molar-refractivity contribution in [3.8, 4) is 11.3 Å². The number of aromatic nitrogens is 4. The van der Waals surface area contributed by atoms with Crippen molar-refractivity contribution in [3.05, 3.63) is 72.2 Å². The SMILES string of the molecule is CN1CCS(=Nc2ccc(-c3cnn4ccc(N5CC[C@H]6C[C@]65c5cc(F)ccc5F)nc34)nc2)CC1. The van der Waals surface area contributed by atoms with Crippen molar-refractivity contribution < 1.29 is 8.78 Å². The Hall–Kier alpha value is -3.24. The van der Waals surface area contributed by atoms with E-state index in [-0.39, 0.29) is 16.5 Å². The molecule has 4 aromatic rings. The second-order valence-corrected chi connectivity index (χ2v) is 12.1. The number of hydrogen-bond acceptors (Lipinski definition) is 6. The Morgan fingerprint density at radius 1 is 1.05 bits per heavy atom. The number of rotatable bonds is 4. The van der Waals surface area contributed by atoms with E-state index < -0.39 is 11.4 Å². The van der Waals surface area contributed by atoms with E-state index in [2.05, 4.69) is 26.9 Å². The fourth-order valence-corrected chi connectivity index (χ4v) is 7.70. The van der Waals surface area contributed by atoms with Gasteiger partial charge in [0.25, 0.3) is 0 Å². The molecule has 2 atom stereocenters. The van der Waals surface area contributed by atoms with Crippen LogP contribution in [0.25, 0.3) is 16.9 Å². The van der Waals surface area contributed by atoms with Crippen molar-refractivity contribution in [2.45, 2.75) is 18.4 Å². The van der Waals surface area contributed by atoms with Gasteiger partial charge in [-0.1, -0.05) is 10.7 Å². The molecule has 37 heavy (non-hydrogen) atoms. The maximum Gasteiger partial charge on any atom is 0.166 e. The summed E-state index contributed by atoms with van der Waals surface area (Å²) in [7, 11) is 2.20. The van der Waals surface area contributed by atoms with Gasteiger partial charge in [-0.15, -0.1) is 0 Å². The lowest BCUT2D eigenvalue weighted by molar-refractivity contribution is 0.370. The van der Waals surface area contributed by atoms with Crippen molar-refractivity contribution in [2.24, 2.45) is 10.3 Å². The van der Waals surface area contributed by atoms with Gasteiger partial charge in [-0.25, -0.2) is 22.6 Å². The van der Waals surface area contributed by atoms with E-state index in [9.17, 15) is 8.78 Å². The highest BCUT2D eigenvalue weighted by Crippen LogP contribution is 2.63. The zero-order valence-corrected chi connectivity index (χ0v) is 21.3. The minimum absolute atomic E-state index is 0.0495. The molecule has 7 rings (SSSR count). The molecule has 2 aliphatic heterocycles. The first-order valence-corrected chi connectivity index (χ1v) is 14.2. The molecule has 5 heterocycles. The highest BCUT2D eigenvalue weighted by molar-refractivity contribution is 7.87. The molecule has 1 aliphatic carbocycles. The van der Waals surface area contributed by atoms with Crippen LogP contribution in [0.4, 0.5) is 20.3 Å². The van der Waals surface area contributed by atoms with Gasteiger partial charge in [-0.05, 0) is 62.2 Å². The van der Waals surface area contributed by atoms with Crippen LogP contribution in [0.1, 0.15) is 18.4 Å². The van der Waals surface area contributed by atoms with Crippen molar-refractivity contribution in [1.82, 2.24) is 24.5 Å². The van der Waals surface area contributed by atoms with Crippen molar-refractivity contribution in [3.63, 3.8) is 0 Å². The number of pyridine rings is 1. The van der Waals surface area contributed by atoms with Gasteiger partial charge in [0.15, 0.2) is 5.65 Å². The Morgan fingerprint density at radius 3 is 2.70 bits per heavy atom. The maximum atomic E-state index is 14.8. The van der Waals surface area contributed by atoms with Gasteiger partial charge in [0.2, 0.25) is 0 Å². The summed E-state index contributed by atoms with van der Waals surface area (Å²) in [5.74, 6) is 2.46. The number of anilines is 1. The summed E-state index contributed by atoms with van der Waals surface area (Å²) in [5.41, 5.74) is 3.09. The molecule has 1 saturated carbocycles. The van der Waals surface area contributed by atoms with Gasteiger partial charge in [-0.2, -0.15) is 5.10 Å². The monoisotopic (exact) mass is 519 g/mol. The average Bonchev–Trinajstić information content (AvgIpc) is 3.29. The van der Waals surface area contributed by atoms with Crippen molar-refractivity contribution in [1.29, 1.82) is 0 Å². The molecule has 3 aromatic heterocycles. The Bertz CT molecular complexity index is 1530. The van der Waals surface area contributed by atoms with Crippen LogP contribution in [0, 0.1) is 17.6 Å². The predicted octanol–water partition coefficient (Wildman–Crippen LogP) is 4.57. The van der Waals surface area contributed by atoms with E-state index in [1.807, 2.05) is 30.6 Å². The van der Waals surface area contributed by atoms with Crippen molar-refractivity contribution >= 4 is 27.8 Å². The molecule has 0 radical (unpaired) electrons. The van der Waals surface area contributed by atoms with E-state index in [1.165, 1.54) is 18.2 Å². The lowest BCUT2D eigenvalue weighted by Crippen LogP contribution is -2.34. The zero-order valence-electron chi connectivity index (χ0n) is 20.5. The molecular formula is C27H27F2N7S. The molecule has 0 bridgehead atoms. The third-order valence-corrected chi connectivity index (χ3v) is 9.73. The van der Waals surface area contributed by atoms with Gasteiger partial charge in [0.1, 0.15) is 17.5 Å². The molecule has 190 valence electrons. The van der Waals surface area contributed by atoms with E-state index in [0.717, 1.165) is 66.7 Å². The van der Waals surface area contributed by atoms with Gasteiger partial charge >= 0.3 is 0 Å². The first-order valence-electron chi connectivity index (χ1n) is 12.6. The number of halogens is 2. The van der Waals surface area contributed by atoms with Crippen LogP contribution in [0.15, 0.2) is 59.4 Å². The predicted molar refractivity (Wildman–Crippen MR) is 141 cm³/mol. The maximum absolute atomic E-state index is 14.8.